The van der Waals surface area contributed by atoms with E-state index < -0.39 is 20.7 Å². The fraction of sp³-hybridized carbons (Fsp3) is 0.571. The van der Waals surface area contributed by atoms with E-state index in [0.29, 0.717) is 6.54 Å². The van der Waals surface area contributed by atoms with Gasteiger partial charge in [-0.15, -0.1) is 0 Å². The Balaban J connectivity index is 2.32. The van der Waals surface area contributed by atoms with E-state index in [-0.39, 0.29) is 23.5 Å². The number of halogens is 1. The molecule has 2 N–H and O–H groups in total. The quantitative estimate of drug-likeness (QED) is 0.845. The second-order valence-electron chi connectivity index (χ2n) is 5.34. The number of benzene rings is 1. The normalized spacial score (nSPS) is 22.4. The lowest BCUT2D eigenvalue weighted by molar-refractivity contribution is 0.326. The largest absolute Gasteiger partial charge is 0.493 e. The van der Waals surface area contributed by atoms with E-state index in [0.717, 1.165) is 25.1 Å². The van der Waals surface area contributed by atoms with Gasteiger partial charge in [-0.05, 0) is 18.9 Å². The molecule has 6 nitrogen and oxygen atoms in total. The molecule has 1 heterocycles. The Morgan fingerprint density at radius 2 is 1.91 bits per heavy atom. The molecule has 0 aromatic heterocycles. The number of rotatable bonds is 5. The first-order valence-corrected chi connectivity index (χ1v) is 8.52. The second-order valence-corrected chi connectivity index (χ2v) is 7.02. The molecular weight excluding hydrogens is 311 g/mol. The summed E-state index contributed by atoms with van der Waals surface area (Å²) >= 11 is 0. The van der Waals surface area contributed by atoms with Crippen LogP contribution in [0.1, 0.15) is 13.3 Å². The summed E-state index contributed by atoms with van der Waals surface area (Å²) in [5, 5.41) is 3.13. The Morgan fingerprint density at radius 3 is 2.50 bits per heavy atom. The predicted molar refractivity (Wildman–Crippen MR) is 80.3 cm³/mol. The van der Waals surface area contributed by atoms with Crippen LogP contribution >= 0.6 is 0 Å². The lowest BCUT2D eigenvalue weighted by atomic mass is 9.96. The molecule has 0 spiro atoms. The molecule has 0 amide bonds. The molecule has 0 bridgehead atoms. The fourth-order valence-corrected chi connectivity index (χ4v) is 3.87. The van der Waals surface area contributed by atoms with E-state index >= 15 is 0 Å². The average Bonchev–Trinajstić information content (AvgIpc) is 2.48. The Kier molecular flexibility index (Phi) is 5.25. The summed E-state index contributed by atoms with van der Waals surface area (Å²) in [5.41, 5.74) is 0. The van der Waals surface area contributed by atoms with Crippen LogP contribution in [0, 0.1) is 11.7 Å². The highest BCUT2D eigenvalue weighted by Gasteiger charge is 2.29. The van der Waals surface area contributed by atoms with Crippen molar-refractivity contribution < 1.29 is 22.3 Å². The number of sulfonamides is 1. The van der Waals surface area contributed by atoms with Crippen LogP contribution in [0.2, 0.25) is 0 Å². The zero-order chi connectivity index (χ0) is 16.3. The van der Waals surface area contributed by atoms with Crippen molar-refractivity contribution in [2.24, 2.45) is 5.92 Å². The van der Waals surface area contributed by atoms with Gasteiger partial charge in [0, 0.05) is 24.7 Å². The minimum atomic E-state index is -3.98. The van der Waals surface area contributed by atoms with Crippen molar-refractivity contribution in [2.45, 2.75) is 24.3 Å². The monoisotopic (exact) mass is 332 g/mol. The summed E-state index contributed by atoms with van der Waals surface area (Å²) in [5.74, 6) is -0.383. The third-order valence-electron chi connectivity index (χ3n) is 3.86. The van der Waals surface area contributed by atoms with E-state index in [4.69, 9.17) is 9.47 Å². The van der Waals surface area contributed by atoms with Gasteiger partial charge in [0.15, 0.2) is 11.5 Å². The van der Waals surface area contributed by atoms with Crippen molar-refractivity contribution in [1.29, 1.82) is 0 Å². The number of nitrogens with one attached hydrogen (secondary N) is 2. The topological polar surface area (TPSA) is 76.7 Å². The van der Waals surface area contributed by atoms with Gasteiger partial charge in [-0.2, -0.15) is 0 Å². The van der Waals surface area contributed by atoms with Crippen LogP contribution in [-0.4, -0.2) is 41.8 Å². The number of hydrogen-bond donors (Lipinski definition) is 2. The van der Waals surface area contributed by atoms with Crippen molar-refractivity contribution in [3.05, 3.63) is 17.9 Å². The molecule has 1 aromatic rings. The molecule has 2 unspecified atom stereocenters. The summed E-state index contributed by atoms with van der Waals surface area (Å²) in [7, 11) is -1.25. The first-order valence-electron chi connectivity index (χ1n) is 7.03. The van der Waals surface area contributed by atoms with Crippen LogP contribution in [-0.2, 0) is 10.0 Å². The third-order valence-corrected chi connectivity index (χ3v) is 5.37. The maximum absolute atomic E-state index is 14.1. The average molecular weight is 332 g/mol. The van der Waals surface area contributed by atoms with Crippen molar-refractivity contribution in [3.8, 4) is 11.5 Å². The molecule has 0 saturated carbocycles. The Labute approximate surface area is 130 Å². The molecule has 1 fully saturated rings. The summed E-state index contributed by atoms with van der Waals surface area (Å²) in [4.78, 5) is -0.442. The lowest BCUT2D eigenvalue weighted by Gasteiger charge is -2.30. The van der Waals surface area contributed by atoms with E-state index in [1.165, 1.54) is 14.2 Å². The minimum Gasteiger partial charge on any atom is -0.493 e. The minimum absolute atomic E-state index is 0.145. The number of methoxy groups -OCH3 is 2. The molecule has 8 heteroatoms. The summed E-state index contributed by atoms with van der Waals surface area (Å²) in [6, 6.07) is 1.87. The first kappa shape index (κ1) is 17.0. The summed E-state index contributed by atoms with van der Waals surface area (Å²) < 4.78 is 51.6. The van der Waals surface area contributed by atoms with E-state index in [2.05, 4.69) is 10.0 Å². The zero-order valence-corrected chi connectivity index (χ0v) is 13.7. The van der Waals surface area contributed by atoms with Crippen LogP contribution in [0.5, 0.6) is 11.5 Å². The molecule has 1 saturated heterocycles. The standard InChI is InChI=1S/C14H21FN2O4S/c1-9-4-5-16-8-11(9)17-22(18,19)14-7-13(21-3)12(20-2)6-10(14)15/h6-7,9,11,16-17H,4-5,8H2,1-3H3. The molecule has 1 aliphatic heterocycles. The Bertz CT molecular complexity index is 636. The highest BCUT2D eigenvalue weighted by atomic mass is 32.2. The van der Waals surface area contributed by atoms with Gasteiger partial charge in [0.1, 0.15) is 10.7 Å². The molecule has 1 aliphatic rings. The number of ether oxygens (including phenoxy) is 2. The van der Waals surface area contributed by atoms with Crippen LogP contribution in [0.3, 0.4) is 0 Å². The smallest absolute Gasteiger partial charge is 0.243 e. The Morgan fingerprint density at radius 1 is 1.27 bits per heavy atom. The van der Waals surface area contributed by atoms with Crippen molar-refractivity contribution in [3.63, 3.8) is 0 Å². The highest BCUT2D eigenvalue weighted by molar-refractivity contribution is 7.89. The Hall–Kier alpha value is -1.38. The predicted octanol–water partition coefficient (Wildman–Crippen LogP) is 1.12. The molecular formula is C14H21FN2O4S. The third kappa shape index (κ3) is 3.50. The van der Waals surface area contributed by atoms with Crippen LogP contribution < -0.4 is 19.5 Å². The van der Waals surface area contributed by atoms with Gasteiger partial charge in [0.25, 0.3) is 0 Å². The maximum Gasteiger partial charge on any atom is 0.243 e. The number of hydrogen-bond acceptors (Lipinski definition) is 5. The molecule has 22 heavy (non-hydrogen) atoms. The van der Waals surface area contributed by atoms with Gasteiger partial charge in [0.2, 0.25) is 10.0 Å². The maximum atomic E-state index is 14.1. The van der Waals surface area contributed by atoms with Gasteiger partial charge in [-0.25, -0.2) is 17.5 Å². The number of piperidine rings is 1. The van der Waals surface area contributed by atoms with Gasteiger partial charge < -0.3 is 14.8 Å². The SMILES string of the molecule is COc1cc(F)c(S(=O)(=O)NC2CNCCC2C)cc1OC. The van der Waals surface area contributed by atoms with E-state index in [9.17, 15) is 12.8 Å². The lowest BCUT2D eigenvalue weighted by Crippen LogP contribution is -2.50. The molecule has 124 valence electrons. The van der Waals surface area contributed by atoms with Crippen molar-refractivity contribution in [2.75, 3.05) is 27.3 Å². The van der Waals surface area contributed by atoms with Gasteiger partial charge in [-0.1, -0.05) is 6.92 Å². The second kappa shape index (κ2) is 6.80. The van der Waals surface area contributed by atoms with Crippen LogP contribution in [0.15, 0.2) is 17.0 Å². The van der Waals surface area contributed by atoms with E-state index in [1.54, 1.807) is 0 Å². The zero-order valence-electron chi connectivity index (χ0n) is 12.8. The van der Waals surface area contributed by atoms with Crippen LogP contribution in [0.25, 0.3) is 0 Å². The molecule has 2 atom stereocenters. The summed E-state index contributed by atoms with van der Waals surface area (Å²) in [6.45, 7) is 3.35. The molecule has 2 rings (SSSR count). The molecule has 0 aliphatic carbocycles. The highest BCUT2D eigenvalue weighted by Crippen LogP contribution is 2.32. The first-order chi connectivity index (χ1) is 10.4. The fourth-order valence-electron chi connectivity index (χ4n) is 2.45. The van der Waals surface area contributed by atoms with Crippen LogP contribution in [0.4, 0.5) is 4.39 Å². The molecule has 0 radical (unpaired) electrons. The molecule has 1 aromatic carbocycles. The van der Waals surface area contributed by atoms with Crippen molar-refractivity contribution in [1.82, 2.24) is 10.0 Å². The van der Waals surface area contributed by atoms with Gasteiger partial charge in [0.05, 0.1) is 14.2 Å². The van der Waals surface area contributed by atoms with Crippen molar-refractivity contribution >= 4 is 10.0 Å². The van der Waals surface area contributed by atoms with Gasteiger partial charge >= 0.3 is 0 Å². The van der Waals surface area contributed by atoms with Gasteiger partial charge in [-0.3, -0.25) is 0 Å². The summed E-state index contributed by atoms with van der Waals surface area (Å²) in [6.07, 6.45) is 0.863. The van der Waals surface area contributed by atoms with E-state index in [1.807, 2.05) is 6.92 Å².